The number of alkyl halides is 2. The molecule has 0 bridgehead atoms. The first-order valence-corrected chi connectivity index (χ1v) is 8.61. The average molecular weight is 374 g/mol. The maximum absolute atomic E-state index is 14.4. The van der Waals surface area contributed by atoms with Crippen molar-refractivity contribution in [3.8, 4) is 11.5 Å². The number of rotatable bonds is 5. The van der Waals surface area contributed by atoms with Gasteiger partial charge in [0.05, 0.1) is 18.3 Å². The second kappa shape index (κ2) is 7.44. The predicted molar refractivity (Wildman–Crippen MR) is 97.9 cm³/mol. The van der Waals surface area contributed by atoms with Crippen molar-refractivity contribution in [2.45, 2.75) is 31.4 Å². The normalized spacial score (nSPS) is 20.4. The molecule has 1 aromatic heterocycles. The maximum atomic E-state index is 14.4. The van der Waals surface area contributed by atoms with Crippen molar-refractivity contribution in [2.75, 3.05) is 20.3 Å². The zero-order valence-corrected chi connectivity index (χ0v) is 15.2. The Morgan fingerprint density at radius 1 is 1.30 bits per heavy atom. The van der Waals surface area contributed by atoms with Gasteiger partial charge in [-0.25, -0.2) is 8.78 Å². The molecule has 0 unspecified atom stereocenters. The molecule has 1 aliphatic heterocycles. The van der Waals surface area contributed by atoms with Crippen LogP contribution in [0.15, 0.2) is 30.5 Å². The number of fused-ring (bicyclic) bond motifs is 1. The predicted octanol–water partition coefficient (Wildman–Crippen LogP) is 1.90. The van der Waals surface area contributed by atoms with Gasteiger partial charge in [-0.05, 0) is 31.0 Å². The van der Waals surface area contributed by atoms with Crippen molar-refractivity contribution in [3.63, 3.8) is 0 Å². The monoisotopic (exact) mass is 374 g/mol. The smallest absolute Gasteiger partial charge is 0.283 e. The highest BCUT2D eigenvalue weighted by atomic mass is 19.3. The zero-order chi connectivity index (χ0) is 19.8. The van der Waals surface area contributed by atoms with E-state index in [1.807, 2.05) is 6.92 Å². The molecule has 8 heteroatoms. The van der Waals surface area contributed by atoms with E-state index < -0.39 is 25.1 Å². The van der Waals surface area contributed by atoms with Gasteiger partial charge in [-0.3, -0.25) is 9.88 Å². The molecule has 0 fully saturated rings. The number of ether oxygens (including phenoxy) is 1. The van der Waals surface area contributed by atoms with Crippen LogP contribution in [0.2, 0.25) is 0 Å². The van der Waals surface area contributed by atoms with Gasteiger partial charge in [0.1, 0.15) is 14.5 Å². The minimum Gasteiger partial charge on any atom is -0.504 e. The van der Waals surface area contributed by atoms with Crippen LogP contribution in [0, 0.1) is 0 Å². The van der Waals surface area contributed by atoms with E-state index in [4.69, 9.17) is 7.85 Å². The number of phenols is 2. The molecule has 5 nitrogen and oxygen atoms in total. The third kappa shape index (κ3) is 3.91. The molecule has 27 heavy (non-hydrogen) atoms. The van der Waals surface area contributed by atoms with Crippen molar-refractivity contribution < 1.29 is 23.7 Å². The SMILES string of the molecule is [B]c1ccc([C@@H]2c3c(ccc(O)c3O)C[C@@H](C)N2CC(F)(F)COC)nc1. The Balaban J connectivity index is 2.13. The third-order valence-electron chi connectivity index (χ3n) is 4.83. The molecule has 142 valence electrons. The summed E-state index contributed by atoms with van der Waals surface area (Å²) in [5.41, 5.74) is 2.08. The molecule has 0 saturated carbocycles. The van der Waals surface area contributed by atoms with Gasteiger partial charge in [-0.2, -0.15) is 0 Å². The molecule has 1 aliphatic rings. The zero-order valence-electron chi connectivity index (χ0n) is 15.2. The van der Waals surface area contributed by atoms with Gasteiger partial charge in [-0.15, -0.1) is 0 Å². The quantitative estimate of drug-likeness (QED) is 0.618. The first kappa shape index (κ1) is 19.6. The van der Waals surface area contributed by atoms with Crippen LogP contribution < -0.4 is 5.46 Å². The van der Waals surface area contributed by atoms with Gasteiger partial charge in [-0.1, -0.05) is 17.6 Å². The summed E-state index contributed by atoms with van der Waals surface area (Å²) in [6.45, 7) is 0.560. The topological polar surface area (TPSA) is 65.8 Å². The number of hydrogen-bond donors (Lipinski definition) is 2. The Morgan fingerprint density at radius 2 is 2.04 bits per heavy atom. The minimum atomic E-state index is -3.08. The first-order valence-electron chi connectivity index (χ1n) is 8.61. The van der Waals surface area contributed by atoms with E-state index >= 15 is 0 Å². The Kier molecular flexibility index (Phi) is 5.39. The summed E-state index contributed by atoms with van der Waals surface area (Å²) in [5, 5.41) is 20.5. The van der Waals surface area contributed by atoms with Crippen LogP contribution in [-0.4, -0.2) is 60.2 Å². The lowest BCUT2D eigenvalue weighted by Crippen LogP contribution is -2.49. The van der Waals surface area contributed by atoms with Crippen molar-refractivity contribution in [3.05, 3.63) is 47.3 Å². The number of aromatic nitrogens is 1. The highest BCUT2D eigenvalue weighted by Gasteiger charge is 2.42. The first-order chi connectivity index (χ1) is 12.7. The van der Waals surface area contributed by atoms with Gasteiger partial charge in [0, 0.05) is 24.9 Å². The highest BCUT2D eigenvalue weighted by Crippen LogP contribution is 2.45. The largest absolute Gasteiger partial charge is 0.504 e. The van der Waals surface area contributed by atoms with Crippen LogP contribution in [0.5, 0.6) is 11.5 Å². The summed E-state index contributed by atoms with van der Waals surface area (Å²) in [4.78, 5) is 5.88. The molecule has 2 atom stereocenters. The van der Waals surface area contributed by atoms with E-state index in [2.05, 4.69) is 9.72 Å². The van der Waals surface area contributed by atoms with Gasteiger partial charge < -0.3 is 14.9 Å². The van der Waals surface area contributed by atoms with Crippen LogP contribution >= 0.6 is 0 Å². The Bertz CT molecular complexity index is 817. The maximum Gasteiger partial charge on any atom is 0.283 e. The molecule has 0 spiro atoms. The minimum absolute atomic E-state index is 0.242. The Hall–Kier alpha value is -2.19. The lowest BCUT2D eigenvalue weighted by molar-refractivity contribution is -0.0964. The number of aromatic hydroxyl groups is 2. The molecule has 0 aliphatic carbocycles. The number of benzene rings is 1. The molecule has 2 heterocycles. The second-order valence-corrected chi connectivity index (χ2v) is 6.94. The molecule has 0 amide bonds. The summed E-state index contributed by atoms with van der Waals surface area (Å²) in [6.07, 6.45) is 1.90. The number of methoxy groups -OCH3 is 1. The summed E-state index contributed by atoms with van der Waals surface area (Å²) in [7, 11) is 6.93. The second-order valence-electron chi connectivity index (χ2n) is 6.94. The number of hydrogen-bond acceptors (Lipinski definition) is 5. The summed E-state index contributed by atoms with van der Waals surface area (Å²) >= 11 is 0. The van der Waals surface area contributed by atoms with Crippen molar-refractivity contribution in [2.24, 2.45) is 0 Å². The third-order valence-corrected chi connectivity index (χ3v) is 4.83. The molecule has 1 aromatic carbocycles. The van der Waals surface area contributed by atoms with E-state index in [9.17, 15) is 19.0 Å². The fourth-order valence-corrected chi connectivity index (χ4v) is 3.64. The van der Waals surface area contributed by atoms with Gasteiger partial charge in [0.15, 0.2) is 11.5 Å². The van der Waals surface area contributed by atoms with Gasteiger partial charge in [0.25, 0.3) is 5.92 Å². The van der Waals surface area contributed by atoms with Crippen LogP contribution in [0.3, 0.4) is 0 Å². The van der Waals surface area contributed by atoms with Crippen LogP contribution in [-0.2, 0) is 11.2 Å². The number of nitrogens with zero attached hydrogens (tertiary/aromatic N) is 2. The highest BCUT2D eigenvalue weighted by molar-refractivity contribution is 6.32. The van der Waals surface area contributed by atoms with E-state index in [1.54, 1.807) is 23.1 Å². The number of phenolic OH excluding ortho intramolecular Hbond substituents is 2. The summed E-state index contributed by atoms with van der Waals surface area (Å²) in [5.74, 6) is -3.70. The van der Waals surface area contributed by atoms with Gasteiger partial charge >= 0.3 is 0 Å². The fourth-order valence-electron chi connectivity index (χ4n) is 3.64. The Morgan fingerprint density at radius 3 is 2.67 bits per heavy atom. The van der Waals surface area contributed by atoms with Crippen LogP contribution in [0.25, 0.3) is 0 Å². The molecular weight excluding hydrogens is 353 g/mol. The van der Waals surface area contributed by atoms with E-state index in [0.717, 1.165) is 5.56 Å². The Labute approximate surface area is 158 Å². The van der Waals surface area contributed by atoms with E-state index in [-0.39, 0.29) is 17.5 Å². The molecule has 0 saturated heterocycles. The standard InChI is InChI=1S/C19H21BF2N2O3/c1-11-7-12-3-6-15(25)18(26)16(12)17(14-5-4-13(20)8-23-14)24(11)9-19(21,22)10-27-2/h3-6,8,11,17,25-26H,7,9-10H2,1-2H3/t11-,17-/m1/s1. The number of pyridine rings is 1. The number of halogens is 2. The molecule has 2 aromatic rings. The van der Waals surface area contributed by atoms with Crippen molar-refractivity contribution in [1.82, 2.24) is 9.88 Å². The molecular formula is C19H21BF2N2O3. The lowest BCUT2D eigenvalue weighted by atomic mass is 9.85. The molecule has 2 radical (unpaired) electrons. The van der Waals surface area contributed by atoms with Crippen molar-refractivity contribution in [1.29, 1.82) is 0 Å². The average Bonchev–Trinajstić information content (AvgIpc) is 2.60. The van der Waals surface area contributed by atoms with Crippen molar-refractivity contribution >= 4 is 13.3 Å². The summed E-state index contributed by atoms with van der Waals surface area (Å²) < 4.78 is 33.4. The van der Waals surface area contributed by atoms with E-state index in [0.29, 0.717) is 23.1 Å². The van der Waals surface area contributed by atoms with Gasteiger partial charge in [0.2, 0.25) is 0 Å². The fraction of sp³-hybridized carbons (Fsp3) is 0.421. The van der Waals surface area contributed by atoms with E-state index in [1.165, 1.54) is 19.4 Å². The summed E-state index contributed by atoms with van der Waals surface area (Å²) in [6, 6.07) is 5.39. The molecule has 3 rings (SSSR count). The lowest BCUT2D eigenvalue weighted by Gasteiger charge is -2.43. The van der Waals surface area contributed by atoms with Crippen LogP contribution in [0.1, 0.15) is 29.8 Å². The molecule has 2 N–H and O–H groups in total. The van der Waals surface area contributed by atoms with Crippen LogP contribution in [0.4, 0.5) is 8.78 Å².